The molecule has 0 radical (unpaired) electrons. The third-order valence-electron chi connectivity index (χ3n) is 2.56. The van der Waals surface area contributed by atoms with Crippen molar-refractivity contribution in [3.8, 4) is 0 Å². The third-order valence-corrected chi connectivity index (χ3v) is 3.17. The Labute approximate surface area is 107 Å². The van der Waals surface area contributed by atoms with Gasteiger partial charge in [0.05, 0.1) is 28.6 Å². The molecule has 1 unspecified atom stereocenters. The molecule has 0 aliphatic heterocycles. The van der Waals surface area contributed by atoms with E-state index in [1.54, 1.807) is 16.9 Å². The van der Waals surface area contributed by atoms with E-state index in [1.165, 1.54) is 12.3 Å². The van der Waals surface area contributed by atoms with Crippen molar-refractivity contribution in [1.29, 1.82) is 0 Å². The molecular formula is C11H12BrFN4. The Bertz CT molecular complexity index is 509. The maximum absolute atomic E-state index is 12.8. The van der Waals surface area contributed by atoms with Crippen LogP contribution in [0.15, 0.2) is 29.0 Å². The van der Waals surface area contributed by atoms with Gasteiger partial charge in [-0.3, -0.25) is 4.98 Å². The maximum Gasteiger partial charge on any atom is 0.141 e. The van der Waals surface area contributed by atoms with Crippen LogP contribution in [0.3, 0.4) is 0 Å². The molecule has 6 heteroatoms. The number of nitrogens with two attached hydrogens (primary N) is 1. The van der Waals surface area contributed by atoms with Gasteiger partial charge in [0, 0.05) is 0 Å². The van der Waals surface area contributed by atoms with Gasteiger partial charge in [0.15, 0.2) is 0 Å². The van der Waals surface area contributed by atoms with Crippen LogP contribution in [0.1, 0.15) is 25.1 Å². The molecule has 2 N–H and O–H groups in total. The van der Waals surface area contributed by atoms with E-state index >= 15 is 0 Å². The second-order valence-corrected chi connectivity index (χ2v) is 4.50. The lowest BCUT2D eigenvalue weighted by molar-refractivity contribution is 0.501. The highest BCUT2D eigenvalue weighted by atomic mass is 79.9. The second kappa shape index (κ2) is 4.83. The van der Waals surface area contributed by atoms with Gasteiger partial charge in [0.1, 0.15) is 11.6 Å². The van der Waals surface area contributed by atoms with E-state index in [1.807, 2.05) is 6.92 Å². The first-order valence-corrected chi connectivity index (χ1v) is 6.02. The van der Waals surface area contributed by atoms with Crippen molar-refractivity contribution >= 4 is 21.7 Å². The van der Waals surface area contributed by atoms with E-state index in [0.717, 1.165) is 16.6 Å². The molecule has 1 atom stereocenters. The first kappa shape index (κ1) is 12.0. The Morgan fingerprint density at radius 2 is 2.24 bits per heavy atom. The van der Waals surface area contributed by atoms with Gasteiger partial charge in [-0.25, -0.2) is 9.07 Å². The molecule has 0 aliphatic rings. The molecule has 2 aromatic heterocycles. The summed E-state index contributed by atoms with van der Waals surface area (Å²) in [6, 6.07) is 2.96. The fourth-order valence-electron chi connectivity index (χ4n) is 1.69. The summed E-state index contributed by atoms with van der Waals surface area (Å²) in [5, 5.41) is 4.20. The highest BCUT2D eigenvalue weighted by Gasteiger charge is 2.17. The summed E-state index contributed by atoms with van der Waals surface area (Å²) in [4.78, 5) is 4.07. The van der Waals surface area contributed by atoms with Crippen LogP contribution in [-0.4, -0.2) is 14.8 Å². The van der Waals surface area contributed by atoms with Crippen LogP contribution in [0, 0.1) is 5.82 Å². The number of anilines is 1. The lowest BCUT2D eigenvalue weighted by atomic mass is 10.1. The Kier molecular flexibility index (Phi) is 3.42. The number of rotatable bonds is 3. The number of hydrogen-bond donors (Lipinski definition) is 1. The van der Waals surface area contributed by atoms with E-state index in [4.69, 9.17) is 5.73 Å². The molecule has 0 fully saturated rings. The molecule has 0 amide bonds. The molecular weight excluding hydrogens is 287 g/mol. The number of pyridine rings is 1. The van der Waals surface area contributed by atoms with Gasteiger partial charge in [0.2, 0.25) is 0 Å². The molecule has 0 saturated carbocycles. The topological polar surface area (TPSA) is 56.7 Å². The molecule has 2 heterocycles. The van der Waals surface area contributed by atoms with Crippen LogP contribution < -0.4 is 5.73 Å². The molecule has 0 aliphatic carbocycles. The Balaban J connectivity index is 2.40. The van der Waals surface area contributed by atoms with Gasteiger partial charge in [-0.1, -0.05) is 6.92 Å². The Morgan fingerprint density at radius 1 is 1.47 bits per heavy atom. The lowest BCUT2D eigenvalue weighted by Crippen LogP contribution is -2.15. The van der Waals surface area contributed by atoms with E-state index in [0.29, 0.717) is 5.82 Å². The molecule has 0 spiro atoms. The molecule has 4 nitrogen and oxygen atoms in total. The summed E-state index contributed by atoms with van der Waals surface area (Å²) in [5.74, 6) is 0.196. The van der Waals surface area contributed by atoms with Crippen LogP contribution in [0.5, 0.6) is 0 Å². The fourth-order valence-corrected chi connectivity index (χ4v) is 1.96. The first-order valence-electron chi connectivity index (χ1n) is 5.23. The molecule has 90 valence electrons. The highest BCUT2D eigenvalue weighted by molar-refractivity contribution is 9.10. The Hall–Kier alpha value is -1.43. The average Bonchev–Trinajstić information content (AvgIpc) is 2.65. The van der Waals surface area contributed by atoms with Gasteiger partial charge in [-0.15, -0.1) is 0 Å². The number of hydrogen-bond acceptors (Lipinski definition) is 3. The van der Waals surface area contributed by atoms with Crippen LogP contribution in [-0.2, 0) is 0 Å². The molecule has 0 bridgehead atoms. The van der Waals surface area contributed by atoms with Crippen LogP contribution in [0.4, 0.5) is 10.2 Å². The van der Waals surface area contributed by atoms with Gasteiger partial charge in [-0.05, 0) is 34.5 Å². The highest BCUT2D eigenvalue weighted by Crippen LogP contribution is 2.27. The predicted molar refractivity (Wildman–Crippen MR) is 67.0 cm³/mol. The van der Waals surface area contributed by atoms with Gasteiger partial charge in [-0.2, -0.15) is 5.10 Å². The van der Waals surface area contributed by atoms with Crippen molar-refractivity contribution in [3.05, 3.63) is 40.5 Å². The summed E-state index contributed by atoms with van der Waals surface area (Å²) < 4.78 is 15.3. The predicted octanol–water partition coefficient (Wildman–Crippen LogP) is 2.76. The zero-order valence-electron chi connectivity index (χ0n) is 9.27. The van der Waals surface area contributed by atoms with Crippen molar-refractivity contribution in [2.75, 3.05) is 5.73 Å². The summed E-state index contributed by atoms with van der Waals surface area (Å²) >= 11 is 3.31. The first-order chi connectivity index (χ1) is 8.13. The summed E-state index contributed by atoms with van der Waals surface area (Å²) in [6.45, 7) is 2.00. The van der Waals surface area contributed by atoms with E-state index in [9.17, 15) is 4.39 Å². The lowest BCUT2D eigenvalue weighted by Gasteiger charge is -2.16. The molecule has 0 saturated heterocycles. The largest absolute Gasteiger partial charge is 0.383 e. The van der Waals surface area contributed by atoms with Crippen LogP contribution in [0.25, 0.3) is 0 Å². The molecule has 2 rings (SSSR count). The minimum absolute atomic E-state index is 0.0816. The summed E-state index contributed by atoms with van der Waals surface area (Å²) in [7, 11) is 0. The normalized spacial score (nSPS) is 12.6. The van der Waals surface area contributed by atoms with Crippen molar-refractivity contribution in [1.82, 2.24) is 14.8 Å². The standard InChI is InChI=1S/C11H12BrFN4/c1-2-10(9-4-3-7(13)5-15-9)17-11(14)8(12)6-16-17/h3-6,10H,2,14H2,1H3. The minimum Gasteiger partial charge on any atom is -0.383 e. The smallest absolute Gasteiger partial charge is 0.141 e. The van der Waals surface area contributed by atoms with Gasteiger partial charge in [0.25, 0.3) is 0 Å². The fraction of sp³-hybridized carbons (Fsp3) is 0.273. The van der Waals surface area contributed by atoms with Crippen molar-refractivity contribution in [2.24, 2.45) is 0 Å². The average molecular weight is 299 g/mol. The molecule has 17 heavy (non-hydrogen) atoms. The number of nitrogen functional groups attached to an aromatic ring is 1. The van der Waals surface area contributed by atoms with Crippen LogP contribution >= 0.6 is 15.9 Å². The molecule has 0 aromatic carbocycles. The van der Waals surface area contributed by atoms with Crippen molar-refractivity contribution < 1.29 is 4.39 Å². The Morgan fingerprint density at radius 3 is 2.71 bits per heavy atom. The maximum atomic E-state index is 12.8. The number of aromatic nitrogens is 3. The van der Waals surface area contributed by atoms with Crippen LogP contribution in [0.2, 0.25) is 0 Å². The summed E-state index contributed by atoms with van der Waals surface area (Å²) in [6.07, 6.45) is 3.62. The van der Waals surface area contributed by atoms with Gasteiger partial charge < -0.3 is 5.73 Å². The molecule has 2 aromatic rings. The summed E-state index contributed by atoms with van der Waals surface area (Å²) in [5.41, 5.74) is 6.64. The van der Waals surface area contributed by atoms with Crippen molar-refractivity contribution in [3.63, 3.8) is 0 Å². The van der Waals surface area contributed by atoms with Crippen molar-refractivity contribution in [2.45, 2.75) is 19.4 Å². The quantitative estimate of drug-likeness (QED) is 0.948. The SMILES string of the molecule is CCC(c1ccc(F)cn1)n1ncc(Br)c1N. The zero-order chi connectivity index (χ0) is 12.4. The van der Waals surface area contributed by atoms with E-state index in [2.05, 4.69) is 26.0 Å². The van der Waals surface area contributed by atoms with Gasteiger partial charge >= 0.3 is 0 Å². The number of halogens is 2. The third kappa shape index (κ3) is 2.31. The van der Waals surface area contributed by atoms with E-state index < -0.39 is 0 Å². The number of nitrogens with zero attached hydrogens (tertiary/aromatic N) is 3. The monoisotopic (exact) mass is 298 g/mol. The minimum atomic E-state index is -0.349. The van der Waals surface area contributed by atoms with E-state index in [-0.39, 0.29) is 11.9 Å². The second-order valence-electron chi connectivity index (χ2n) is 3.65. The zero-order valence-corrected chi connectivity index (χ0v) is 10.9.